The highest BCUT2D eigenvalue weighted by molar-refractivity contribution is 7.16. The van der Waals surface area contributed by atoms with Gasteiger partial charge in [0.15, 0.2) is 0 Å². The maximum absolute atomic E-state index is 12.1. The lowest BCUT2D eigenvalue weighted by Gasteiger charge is -2.17. The second-order valence-corrected chi connectivity index (χ2v) is 8.52. The van der Waals surface area contributed by atoms with Crippen LogP contribution in [0.15, 0.2) is 54.6 Å². The summed E-state index contributed by atoms with van der Waals surface area (Å²) >= 11 is 1.59. The molecule has 0 bridgehead atoms. The summed E-state index contributed by atoms with van der Waals surface area (Å²) in [6, 6.07) is 17.7. The van der Waals surface area contributed by atoms with Gasteiger partial charge in [-0.1, -0.05) is 51.1 Å². The summed E-state index contributed by atoms with van der Waals surface area (Å²) in [7, 11) is 0. The van der Waals surface area contributed by atoms with E-state index < -0.39 is 5.41 Å². The molecule has 1 amide bonds. The minimum absolute atomic E-state index is 0.00133. The van der Waals surface area contributed by atoms with Gasteiger partial charge in [0, 0.05) is 21.5 Å². The predicted molar refractivity (Wildman–Crippen MR) is 114 cm³/mol. The van der Waals surface area contributed by atoms with Crippen LogP contribution in [0, 0.1) is 12.3 Å². The molecule has 5 nitrogen and oxygen atoms in total. The van der Waals surface area contributed by atoms with Gasteiger partial charge < -0.3 is 5.32 Å². The van der Waals surface area contributed by atoms with Gasteiger partial charge in [-0.05, 0) is 31.2 Å². The van der Waals surface area contributed by atoms with Gasteiger partial charge in [-0.3, -0.25) is 15.6 Å². The van der Waals surface area contributed by atoms with Gasteiger partial charge in [-0.15, -0.1) is 11.3 Å². The van der Waals surface area contributed by atoms with Crippen LogP contribution in [0.2, 0.25) is 0 Å². The smallest absolute Gasteiger partial charge is 0.229 e. The molecule has 2 aromatic carbocycles. The Bertz CT molecular complexity index is 912. The van der Waals surface area contributed by atoms with Crippen LogP contribution in [0.25, 0.3) is 11.3 Å². The van der Waals surface area contributed by atoms with Crippen molar-refractivity contribution in [3.63, 3.8) is 0 Å². The van der Waals surface area contributed by atoms with Crippen molar-refractivity contribution < 1.29 is 4.79 Å². The first-order valence-electron chi connectivity index (χ1n) is 8.79. The fourth-order valence-electron chi connectivity index (χ4n) is 2.39. The number of nitrogens with zero attached hydrogens (tertiary/aromatic N) is 1. The number of para-hydroxylation sites is 1. The van der Waals surface area contributed by atoms with Crippen LogP contribution in [0.1, 0.15) is 25.6 Å². The van der Waals surface area contributed by atoms with Gasteiger partial charge in [0.05, 0.1) is 11.4 Å². The van der Waals surface area contributed by atoms with Crippen molar-refractivity contribution in [1.29, 1.82) is 0 Å². The van der Waals surface area contributed by atoms with Crippen LogP contribution in [0.5, 0.6) is 0 Å². The highest BCUT2D eigenvalue weighted by Gasteiger charge is 2.21. The minimum Gasteiger partial charge on any atom is -0.326 e. The summed E-state index contributed by atoms with van der Waals surface area (Å²) in [6.45, 7) is 7.74. The zero-order valence-electron chi connectivity index (χ0n) is 16.0. The molecule has 27 heavy (non-hydrogen) atoms. The second-order valence-electron chi connectivity index (χ2n) is 7.32. The van der Waals surface area contributed by atoms with Crippen LogP contribution >= 0.6 is 11.3 Å². The molecule has 0 saturated carbocycles. The topological polar surface area (TPSA) is 66.1 Å². The Kier molecular flexibility index (Phi) is 5.46. The van der Waals surface area contributed by atoms with Gasteiger partial charge in [-0.25, -0.2) is 4.98 Å². The SMILES string of the molecule is Cc1sc(NNc2ccccc2)nc1-c1ccc(NC(=O)C(C)(C)C)cc1. The Morgan fingerprint density at radius 3 is 2.22 bits per heavy atom. The summed E-state index contributed by atoms with van der Waals surface area (Å²) in [5.74, 6) is -0.00133. The minimum atomic E-state index is -0.420. The number of anilines is 3. The highest BCUT2D eigenvalue weighted by Crippen LogP contribution is 2.31. The third-order valence-electron chi connectivity index (χ3n) is 3.98. The summed E-state index contributed by atoms with van der Waals surface area (Å²) < 4.78 is 0. The number of carbonyl (C=O) groups excluding carboxylic acids is 1. The molecule has 0 aliphatic carbocycles. The standard InChI is InChI=1S/C21H24N4OS/c1-14-18(23-20(27-14)25-24-17-8-6-5-7-9-17)15-10-12-16(13-11-15)22-19(26)21(2,3)4/h5-13,24H,1-4H3,(H,22,26)(H,23,25). The Labute approximate surface area is 163 Å². The van der Waals surface area contributed by atoms with E-state index in [1.165, 1.54) is 0 Å². The van der Waals surface area contributed by atoms with E-state index in [-0.39, 0.29) is 5.91 Å². The zero-order chi connectivity index (χ0) is 19.4. The van der Waals surface area contributed by atoms with Crippen molar-refractivity contribution in [2.75, 3.05) is 16.2 Å². The molecular formula is C21H24N4OS. The summed E-state index contributed by atoms with van der Waals surface area (Å²) in [6.07, 6.45) is 0. The van der Waals surface area contributed by atoms with E-state index in [1.54, 1.807) is 11.3 Å². The molecule has 6 heteroatoms. The molecule has 140 valence electrons. The Morgan fingerprint density at radius 1 is 0.926 bits per heavy atom. The van der Waals surface area contributed by atoms with Gasteiger partial charge in [-0.2, -0.15) is 0 Å². The first-order chi connectivity index (χ1) is 12.8. The van der Waals surface area contributed by atoms with Crippen molar-refractivity contribution in [2.24, 2.45) is 5.41 Å². The first-order valence-corrected chi connectivity index (χ1v) is 9.61. The average molecular weight is 381 g/mol. The largest absolute Gasteiger partial charge is 0.326 e. The molecular weight excluding hydrogens is 356 g/mol. The van der Waals surface area contributed by atoms with E-state index in [0.717, 1.165) is 32.6 Å². The third-order valence-corrected chi connectivity index (χ3v) is 4.87. The van der Waals surface area contributed by atoms with Crippen LogP contribution in [-0.4, -0.2) is 10.9 Å². The van der Waals surface area contributed by atoms with Gasteiger partial charge in [0.25, 0.3) is 0 Å². The molecule has 0 unspecified atom stereocenters. The monoisotopic (exact) mass is 380 g/mol. The number of hydrogen-bond acceptors (Lipinski definition) is 5. The summed E-state index contributed by atoms with van der Waals surface area (Å²) in [5, 5.41) is 3.74. The maximum Gasteiger partial charge on any atom is 0.229 e. The summed E-state index contributed by atoms with van der Waals surface area (Å²) in [4.78, 5) is 17.9. The quantitative estimate of drug-likeness (QED) is 0.508. The number of amides is 1. The lowest BCUT2D eigenvalue weighted by Crippen LogP contribution is -2.27. The van der Waals surface area contributed by atoms with E-state index in [4.69, 9.17) is 0 Å². The molecule has 0 saturated heterocycles. The van der Waals surface area contributed by atoms with Crippen LogP contribution in [0.4, 0.5) is 16.5 Å². The zero-order valence-corrected chi connectivity index (χ0v) is 16.8. The first kappa shape index (κ1) is 18.9. The van der Waals surface area contributed by atoms with E-state index in [0.29, 0.717) is 0 Å². The van der Waals surface area contributed by atoms with Crippen molar-refractivity contribution in [2.45, 2.75) is 27.7 Å². The van der Waals surface area contributed by atoms with E-state index >= 15 is 0 Å². The van der Waals surface area contributed by atoms with Gasteiger partial charge in [0.2, 0.25) is 11.0 Å². The fourth-order valence-corrected chi connectivity index (χ4v) is 3.18. The molecule has 1 heterocycles. The molecule has 3 aromatic rings. The second kappa shape index (κ2) is 7.80. The third kappa shape index (κ3) is 4.86. The Balaban J connectivity index is 1.69. The van der Waals surface area contributed by atoms with Crippen molar-refractivity contribution in [1.82, 2.24) is 4.98 Å². The molecule has 0 aliphatic rings. The number of benzene rings is 2. The number of aryl methyl sites for hydroxylation is 1. The van der Waals surface area contributed by atoms with Crippen molar-refractivity contribution >= 4 is 33.8 Å². The number of aromatic nitrogens is 1. The molecule has 0 aliphatic heterocycles. The number of hydrogen-bond donors (Lipinski definition) is 3. The predicted octanol–water partition coefficient (Wildman–Crippen LogP) is 5.54. The van der Waals surface area contributed by atoms with Gasteiger partial charge in [0.1, 0.15) is 0 Å². The number of rotatable bonds is 5. The number of hydrazine groups is 1. The molecule has 3 rings (SSSR count). The molecule has 0 fully saturated rings. The average Bonchev–Trinajstić information content (AvgIpc) is 3.01. The van der Waals surface area contributed by atoms with Crippen LogP contribution in [0.3, 0.4) is 0 Å². The Morgan fingerprint density at radius 2 is 1.59 bits per heavy atom. The van der Waals surface area contributed by atoms with Crippen molar-refractivity contribution in [3.8, 4) is 11.3 Å². The van der Waals surface area contributed by atoms with Gasteiger partial charge >= 0.3 is 0 Å². The molecule has 1 aromatic heterocycles. The maximum atomic E-state index is 12.1. The number of carbonyl (C=O) groups is 1. The summed E-state index contributed by atoms with van der Waals surface area (Å²) in [5.41, 5.74) is 9.59. The molecule has 0 spiro atoms. The fraction of sp³-hybridized carbons (Fsp3) is 0.238. The molecule has 0 radical (unpaired) electrons. The molecule has 3 N–H and O–H groups in total. The molecule has 0 atom stereocenters. The normalized spacial score (nSPS) is 11.1. The van der Waals surface area contributed by atoms with E-state index in [1.807, 2.05) is 75.4 Å². The number of thiazole rings is 1. The van der Waals surface area contributed by atoms with Crippen LogP contribution in [-0.2, 0) is 4.79 Å². The number of nitrogens with one attached hydrogen (secondary N) is 3. The van der Waals surface area contributed by atoms with E-state index in [9.17, 15) is 4.79 Å². The van der Waals surface area contributed by atoms with E-state index in [2.05, 4.69) is 28.1 Å². The Hall–Kier alpha value is -2.86. The van der Waals surface area contributed by atoms with Crippen LogP contribution < -0.4 is 16.2 Å². The van der Waals surface area contributed by atoms with Crippen molar-refractivity contribution in [3.05, 3.63) is 59.5 Å². The lowest BCUT2D eigenvalue weighted by atomic mass is 9.95. The lowest BCUT2D eigenvalue weighted by molar-refractivity contribution is -0.123. The highest BCUT2D eigenvalue weighted by atomic mass is 32.1.